The Labute approximate surface area is 121 Å². The number of imidazole rings is 1. The Morgan fingerprint density at radius 2 is 2.25 bits per heavy atom. The fraction of sp³-hybridized carbons (Fsp3) is 0.500. The molecule has 2 heterocycles. The van der Waals surface area contributed by atoms with Gasteiger partial charge in [0.15, 0.2) is 0 Å². The van der Waals surface area contributed by atoms with Crippen LogP contribution in [0.3, 0.4) is 0 Å². The molecule has 0 spiro atoms. The van der Waals surface area contributed by atoms with Gasteiger partial charge in [-0.1, -0.05) is 6.42 Å². The van der Waals surface area contributed by atoms with Crippen molar-refractivity contribution in [3.8, 4) is 5.95 Å². The number of aromatic nitrogens is 5. The highest BCUT2D eigenvalue weighted by molar-refractivity contribution is 6.28. The minimum absolute atomic E-state index is 0.123. The lowest BCUT2D eigenvalue weighted by atomic mass is 10.1. The highest BCUT2D eigenvalue weighted by Gasteiger charge is 2.25. The highest BCUT2D eigenvalue weighted by atomic mass is 35.5. The molecule has 7 nitrogen and oxygen atoms in total. The molecule has 2 N–H and O–H groups in total. The summed E-state index contributed by atoms with van der Waals surface area (Å²) < 4.78 is 1.66. The maximum atomic E-state index is 9.79. The molecule has 2 unspecified atom stereocenters. The van der Waals surface area contributed by atoms with Crippen LogP contribution in [0, 0.1) is 5.92 Å². The lowest BCUT2D eigenvalue weighted by Gasteiger charge is -2.15. The largest absolute Gasteiger partial charge is 0.393 e. The van der Waals surface area contributed by atoms with E-state index in [-0.39, 0.29) is 17.3 Å². The third kappa shape index (κ3) is 2.88. The van der Waals surface area contributed by atoms with Crippen LogP contribution in [0.2, 0.25) is 5.28 Å². The molecule has 2 atom stereocenters. The fourth-order valence-electron chi connectivity index (χ4n) is 2.39. The first-order valence-corrected chi connectivity index (χ1v) is 6.92. The maximum absolute atomic E-state index is 9.79. The number of rotatable bonds is 4. The zero-order valence-corrected chi connectivity index (χ0v) is 11.5. The summed E-state index contributed by atoms with van der Waals surface area (Å²) in [5.41, 5.74) is 0. The molecule has 0 saturated heterocycles. The zero-order chi connectivity index (χ0) is 13.9. The second-order valence-corrected chi connectivity index (χ2v) is 5.18. The van der Waals surface area contributed by atoms with Crippen molar-refractivity contribution >= 4 is 17.5 Å². The smallest absolute Gasteiger partial charge is 0.241 e. The first kappa shape index (κ1) is 13.3. The Morgan fingerprint density at radius 3 is 2.95 bits per heavy atom. The van der Waals surface area contributed by atoms with Crippen molar-refractivity contribution in [3.05, 3.63) is 24.0 Å². The van der Waals surface area contributed by atoms with Gasteiger partial charge in [-0.05, 0) is 24.4 Å². The summed E-state index contributed by atoms with van der Waals surface area (Å²) in [6, 6.07) is 0. The van der Waals surface area contributed by atoms with Gasteiger partial charge in [-0.15, -0.1) is 0 Å². The summed E-state index contributed by atoms with van der Waals surface area (Å²) >= 11 is 5.91. The maximum Gasteiger partial charge on any atom is 0.241 e. The van der Waals surface area contributed by atoms with Crippen LogP contribution in [0.1, 0.15) is 19.3 Å². The molecule has 1 aliphatic carbocycles. The second-order valence-electron chi connectivity index (χ2n) is 4.84. The Balaban J connectivity index is 1.73. The van der Waals surface area contributed by atoms with Gasteiger partial charge in [0.25, 0.3) is 0 Å². The van der Waals surface area contributed by atoms with Crippen LogP contribution in [-0.4, -0.2) is 42.3 Å². The minimum atomic E-state index is -0.243. The normalized spacial score (nSPS) is 22.1. The van der Waals surface area contributed by atoms with Gasteiger partial charge in [0, 0.05) is 24.9 Å². The van der Waals surface area contributed by atoms with Gasteiger partial charge in [-0.25, -0.2) is 4.98 Å². The molecule has 1 saturated carbocycles. The van der Waals surface area contributed by atoms with E-state index in [1.165, 1.54) is 0 Å². The van der Waals surface area contributed by atoms with Crippen LogP contribution in [0.5, 0.6) is 0 Å². The number of anilines is 1. The van der Waals surface area contributed by atoms with Crippen molar-refractivity contribution in [1.82, 2.24) is 24.5 Å². The van der Waals surface area contributed by atoms with Crippen LogP contribution in [0.4, 0.5) is 5.95 Å². The van der Waals surface area contributed by atoms with Crippen molar-refractivity contribution in [2.24, 2.45) is 5.92 Å². The number of halogens is 1. The lowest BCUT2D eigenvalue weighted by Crippen LogP contribution is -2.23. The van der Waals surface area contributed by atoms with Gasteiger partial charge in [-0.2, -0.15) is 15.0 Å². The second kappa shape index (κ2) is 5.72. The molecule has 1 aliphatic rings. The van der Waals surface area contributed by atoms with Gasteiger partial charge in [0.1, 0.15) is 6.33 Å². The van der Waals surface area contributed by atoms with E-state index in [0.717, 1.165) is 19.3 Å². The van der Waals surface area contributed by atoms with Crippen LogP contribution >= 0.6 is 11.6 Å². The summed E-state index contributed by atoms with van der Waals surface area (Å²) in [5, 5.41) is 13.0. The number of hydrogen-bond donors (Lipinski definition) is 2. The molecule has 20 heavy (non-hydrogen) atoms. The average molecular weight is 295 g/mol. The molecule has 0 aliphatic heterocycles. The lowest BCUT2D eigenvalue weighted by molar-refractivity contribution is 0.138. The number of aliphatic hydroxyl groups is 1. The monoisotopic (exact) mass is 294 g/mol. The van der Waals surface area contributed by atoms with E-state index in [9.17, 15) is 5.11 Å². The van der Waals surface area contributed by atoms with Crippen molar-refractivity contribution in [2.75, 3.05) is 11.9 Å². The van der Waals surface area contributed by atoms with Crippen molar-refractivity contribution < 1.29 is 5.11 Å². The summed E-state index contributed by atoms with van der Waals surface area (Å²) in [5.74, 6) is 1.06. The quantitative estimate of drug-likeness (QED) is 0.883. The van der Waals surface area contributed by atoms with E-state index in [1.54, 1.807) is 23.3 Å². The molecule has 106 valence electrons. The molecule has 0 bridgehead atoms. The number of nitrogens with one attached hydrogen (secondary N) is 1. The number of nitrogens with zero attached hydrogens (tertiary/aromatic N) is 5. The predicted molar refractivity (Wildman–Crippen MR) is 73.8 cm³/mol. The van der Waals surface area contributed by atoms with Gasteiger partial charge in [-0.3, -0.25) is 4.57 Å². The standard InChI is InChI=1S/C12H15ClN6O/c13-10-16-11(15-6-8-2-1-3-9(8)20)18-12(17-10)19-5-4-14-7-19/h4-5,7-9,20H,1-3,6H2,(H,15,16,17,18). The fourth-order valence-corrected chi connectivity index (χ4v) is 2.54. The summed E-state index contributed by atoms with van der Waals surface area (Å²) in [7, 11) is 0. The molecule has 2 aromatic heterocycles. The van der Waals surface area contributed by atoms with Gasteiger partial charge < -0.3 is 10.4 Å². The van der Waals surface area contributed by atoms with Crippen LogP contribution in [-0.2, 0) is 0 Å². The first-order valence-electron chi connectivity index (χ1n) is 6.54. The number of aliphatic hydroxyl groups excluding tert-OH is 1. The molecule has 0 radical (unpaired) electrons. The highest BCUT2D eigenvalue weighted by Crippen LogP contribution is 2.25. The Kier molecular flexibility index (Phi) is 3.79. The molecule has 8 heteroatoms. The van der Waals surface area contributed by atoms with E-state index in [4.69, 9.17) is 11.6 Å². The summed E-state index contributed by atoms with van der Waals surface area (Å²) in [4.78, 5) is 16.3. The minimum Gasteiger partial charge on any atom is -0.393 e. The van der Waals surface area contributed by atoms with E-state index in [1.807, 2.05) is 0 Å². The van der Waals surface area contributed by atoms with E-state index in [2.05, 4.69) is 25.3 Å². The topological polar surface area (TPSA) is 88.8 Å². The Bertz CT molecular complexity index is 575. The van der Waals surface area contributed by atoms with Crippen LogP contribution < -0.4 is 5.32 Å². The molecule has 3 rings (SSSR count). The third-order valence-electron chi connectivity index (χ3n) is 3.47. The molecule has 1 fully saturated rings. The molecular weight excluding hydrogens is 280 g/mol. The van der Waals surface area contributed by atoms with Crippen molar-refractivity contribution in [2.45, 2.75) is 25.4 Å². The molecule has 0 aromatic carbocycles. The summed E-state index contributed by atoms with van der Waals surface area (Å²) in [6.07, 6.45) is 7.66. The third-order valence-corrected chi connectivity index (χ3v) is 3.64. The van der Waals surface area contributed by atoms with E-state index in [0.29, 0.717) is 18.4 Å². The van der Waals surface area contributed by atoms with Gasteiger partial charge in [0.2, 0.25) is 17.2 Å². The van der Waals surface area contributed by atoms with Gasteiger partial charge >= 0.3 is 0 Å². The number of hydrogen-bond acceptors (Lipinski definition) is 6. The Morgan fingerprint density at radius 1 is 1.35 bits per heavy atom. The van der Waals surface area contributed by atoms with Crippen LogP contribution in [0.15, 0.2) is 18.7 Å². The van der Waals surface area contributed by atoms with Crippen molar-refractivity contribution in [1.29, 1.82) is 0 Å². The molecular formula is C12H15ClN6O. The zero-order valence-electron chi connectivity index (χ0n) is 10.8. The van der Waals surface area contributed by atoms with Crippen LogP contribution in [0.25, 0.3) is 5.95 Å². The predicted octanol–water partition coefficient (Wildman–Crippen LogP) is 1.28. The van der Waals surface area contributed by atoms with Gasteiger partial charge in [0.05, 0.1) is 6.10 Å². The average Bonchev–Trinajstić information content (AvgIpc) is 3.07. The molecule has 2 aromatic rings. The van der Waals surface area contributed by atoms with E-state index < -0.39 is 0 Å². The summed E-state index contributed by atoms with van der Waals surface area (Å²) in [6.45, 7) is 0.630. The molecule has 0 amide bonds. The van der Waals surface area contributed by atoms with E-state index >= 15 is 0 Å². The van der Waals surface area contributed by atoms with Crippen molar-refractivity contribution in [3.63, 3.8) is 0 Å². The first-order chi connectivity index (χ1) is 9.72. The SMILES string of the molecule is OC1CCCC1CNc1nc(Cl)nc(-n2ccnc2)n1. The Hall–Kier alpha value is -1.73.